The van der Waals surface area contributed by atoms with Crippen molar-refractivity contribution < 1.29 is 9.59 Å². The van der Waals surface area contributed by atoms with Crippen LogP contribution in [0.25, 0.3) is 17.0 Å². The maximum atomic E-state index is 12.3. The smallest absolute Gasteiger partial charge is 0.239 e. The van der Waals surface area contributed by atoms with Gasteiger partial charge < -0.3 is 15.2 Å². The minimum atomic E-state index is -0.354. The number of aromatic nitrogens is 1. The number of carbonyl (C=O) groups is 2. The number of fused-ring (bicyclic) bond motifs is 1. The topological polar surface area (TPSA) is 63.1 Å². The summed E-state index contributed by atoms with van der Waals surface area (Å²) in [5.41, 5.74) is 6.22. The number of para-hydroxylation sites is 2. The van der Waals surface area contributed by atoms with E-state index in [0.29, 0.717) is 12.3 Å². The Morgan fingerprint density at radius 2 is 1.80 bits per heavy atom. The first kappa shape index (κ1) is 26.4. The molecule has 35 heavy (non-hydrogen) atoms. The molecule has 0 bridgehead atoms. The molecule has 0 atom stereocenters. The van der Waals surface area contributed by atoms with E-state index in [-0.39, 0.29) is 23.0 Å². The average molecular weight is 490 g/mol. The molecule has 0 aliphatic heterocycles. The number of amides is 1. The number of anilines is 1. The van der Waals surface area contributed by atoms with E-state index >= 15 is 0 Å². The van der Waals surface area contributed by atoms with E-state index in [1.165, 1.54) is 40.8 Å². The van der Waals surface area contributed by atoms with Gasteiger partial charge >= 0.3 is 0 Å². The average Bonchev–Trinajstić information content (AvgIpc) is 3.08. The Morgan fingerprint density at radius 1 is 1.11 bits per heavy atom. The number of nitrogens with zero attached hydrogens (tertiary/aromatic N) is 1. The van der Waals surface area contributed by atoms with Crippen molar-refractivity contribution in [3.8, 4) is 0 Å². The highest BCUT2D eigenvalue weighted by Gasteiger charge is 2.26. The van der Waals surface area contributed by atoms with E-state index < -0.39 is 0 Å². The quantitative estimate of drug-likeness (QED) is 0.277. The molecule has 1 amide bonds. The lowest BCUT2D eigenvalue weighted by atomic mass is 9.77. The van der Waals surface area contributed by atoms with E-state index in [1.807, 2.05) is 18.2 Å². The maximum absolute atomic E-state index is 12.3. The number of hydrogen-bond donors (Lipinski definition) is 2. The minimum absolute atomic E-state index is 0.0541. The van der Waals surface area contributed by atoms with Crippen LogP contribution in [0, 0.1) is 6.92 Å². The summed E-state index contributed by atoms with van der Waals surface area (Å²) in [6.45, 7) is 13.0. The third-order valence-electron chi connectivity index (χ3n) is 6.47. The molecule has 2 N–H and O–H groups in total. The molecule has 0 aliphatic carbocycles. The second-order valence-electron chi connectivity index (χ2n) is 9.15. The molecule has 0 radical (unpaired) electrons. The lowest BCUT2D eigenvalue weighted by molar-refractivity contribution is -0.119. The fraction of sp³-hybridized carbons (Fsp3) is 0.310. The third-order valence-corrected chi connectivity index (χ3v) is 7.29. The molecule has 2 aromatic carbocycles. The standard InChI is InChI=1S/C29H35N3O2S/c1-20(15-16-23-21(2)32(6)27-14-10-7-11-24(23)27)29(4,5)25-12-8-9-13-26(25)31-19-28(34)30-17-18-35-22(3)33/h7-16,31H,1,17-19H2,2-6H3,(H,30,34)/b16-15+. The molecule has 1 heterocycles. The first-order valence-corrected chi connectivity index (χ1v) is 12.8. The number of thioether (sulfide) groups is 1. The molecule has 0 aliphatic rings. The molecule has 3 aromatic rings. The van der Waals surface area contributed by atoms with Crippen molar-refractivity contribution in [2.45, 2.75) is 33.1 Å². The maximum Gasteiger partial charge on any atom is 0.239 e. The highest BCUT2D eigenvalue weighted by molar-refractivity contribution is 8.13. The van der Waals surface area contributed by atoms with Crippen LogP contribution < -0.4 is 10.6 Å². The summed E-state index contributed by atoms with van der Waals surface area (Å²) in [4.78, 5) is 23.3. The van der Waals surface area contributed by atoms with Crippen LogP contribution in [0.3, 0.4) is 0 Å². The van der Waals surface area contributed by atoms with Gasteiger partial charge in [-0.25, -0.2) is 0 Å². The van der Waals surface area contributed by atoms with E-state index in [4.69, 9.17) is 0 Å². The van der Waals surface area contributed by atoms with Gasteiger partial charge in [-0.2, -0.15) is 0 Å². The van der Waals surface area contributed by atoms with Crippen LogP contribution in [0.15, 0.2) is 66.8 Å². The van der Waals surface area contributed by atoms with Crippen molar-refractivity contribution in [2.24, 2.45) is 7.05 Å². The molecular weight excluding hydrogens is 454 g/mol. The Kier molecular flexibility index (Phi) is 8.62. The molecule has 184 valence electrons. The normalized spacial score (nSPS) is 11.7. The summed E-state index contributed by atoms with van der Waals surface area (Å²) in [7, 11) is 2.09. The van der Waals surface area contributed by atoms with Crippen LogP contribution in [-0.4, -0.2) is 34.4 Å². The molecule has 0 unspecified atom stereocenters. The zero-order valence-electron chi connectivity index (χ0n) is 21.3. The van der Waals surface area contributed by atoms with Crippen molar-refractivity contribution in [1.82, 2.24) is 9.88 Å². The van der Waals surface area contributed by atoms with Crippen molar-refractivity contribution >= 4 is 45.5 Å². The van der Waals surface area contributed by atoms with Crippen molar-refractivity contribution in [3.63, 3.8) is 0 Å². The van der Waals surface area contributed by atoms with Gasteiger partial charge in [-0.1, -0.05) is 80.7 Å². The van der Waals surface area contributed by atoms with Crippen molar-refractivity contribution in [1.29, 1.82) is 0 Å². The molecule has 6 heteroatoms. The Hall–Kier alpha value is -3.25. The number of rotatable bonds is 10. The van der Waals surface area contributed by atoms with Crippen LogP contribution in [0.4, 0.5) is 5.69 Å². The van der Waals surface area contributed by atoms with Gasteiger partial charge in [0.05, 0.1) is 6.54 Å². The Morgan fingerprint density at radius 3 is 2.54 bits per heavy atom. The minimum Gasteiger partial charge on any atom is -0.376 e. The summed E-state index contributed by atoms with van der Waals surface area (Å²) in [5, 5.41) is 7.40. The molecule has 0 saturated heterocycles. The molecule has 0 saturated carbocycles. The summed E-state index contributed by atoms with van der Waals surface area (Å²) in [6, 6.07) is 16.4. The zero-order chi connectivity index (χ0) is 25.6. The van der Waals surface area contributed by atoms with Crippen LogP contribution >= 0.6 is 11.8 Å². The predicted molar refractivity (Wildman–Crippen MR) is 150 cm³/mol. The van der Waals surface area contributed by atoms with Crippen molar-refractivity contribution in [3.05, 3.63) is 83.6 Å². The SMILES string of the molecule is C=C(/C=C/c1c(C)n(C)c2ccccc12)C(C)(C)c1ccccc1NCC(=O)NCCSC(C)=O. The molecule has 0 spiro atoms. The Labute approximate surface area is 212 Å². The van der Waals surface area contributed by atoms with E-state index in [9.17, 15) is 9.59 Å². The first-order valence-electron chi connectivity index (χ1n) is 11.8. The predicted octanol–water partition coefficient (Wildman–Crippen LogP) is 5.84. The highest BCUT2D eigenvalue weighted by atomic mass is 32.2. The number of nitrogens with one attached hydrogen (secondary N) is 2. The number of hydrogen-bond acceptors (Lipinski definition) is 4. The summed E-state index contributed by atoms with van der Waals surface area (Å²) in [5.74, 6) is 0.472. The first-order chi connectivity index (χ1) is 16.6. The second kappa shape index (κ2) is 11.5. The van der Waals surface area contributed by atoms with Gasteiger partial charge in [0.1, 0.15) is 0 Å². The van der Waals surface area contributed by atoms with E-state index in [0.717, 1.165) is 16.8 Å². The number of carbonyl (C=O) groups excluding carboxylic acids is 2. The van der Waals surface area contributed by atoms with E-state index in [2.05, 4.69) is 92.1 Å². The Balaban J connectivity index is 1.73. The second-order valence-corrected chi connectivity index (χ2v) is 10.4. The molecule has 3 rings (SSSR count). The molecule has 5 nitrogen and oxygen atoms in total. The fourth-order valence-electron chi connectivity index (χ4n) is 4.13. The zero-order valence-corrected chi connectivity index (χ0v) is 22.1. The Bertz CT molecular complexity index is 1270. The van der Waals surface area contributed by atoms with Gasteiger partial charge in [0.2, 0.25) is 5.91 Å². The molecule has 1 aromatic heterocycles. The van der Waals surface area contributed by atoms with Crippen LogP contribution in [0.2, 0.25) is 0 Å². The lowest BCUT2D eigenvalue weighted by Crippen LogP contribution is -2.32. The summed E-state index contributed by atoms with van der Waals surface area (Å²) < 4.78 is 2.21. The highest BCUT2D eigenvalue weighted by Crippen LogP contribution is 2.37. The summed E-state index contributed by atoms with van der Waals surface area (Å²) >= 11 is 1.21. The lowest BCUT2D eigenvalue weighted by Gasteiger charge is -2.29. The molecular formula is C29H35N3O2S. The third kappa shape index (κ3) is 6.25. The fourth-order valence-corrected chi connectivity index (χ4v) is 4.62. The monoisotopic (exact) mass is 489 g/mol. The van der Waals surface area contributed by atoms with Gasteiger partial charge in [0, 0.05) is 59.5 Å². The van der Waals surface area contributed by atoms with Gasteiger partial charge in [-0.15, -0.1) is 0 Å². The number of benzene rings is 2. The largest absolute Gasteiger partial charge is 0.376 e. The summed E-state index contributed by atoms with van der Waals surface area (Å²) in [6.07, 6.45) is 4.26. The van der Waals surface area contributed by atoms with Crippen LogP contribution in [0.5, 0.6) is 0 Å². The van der Waals surface area contributed by atoms with Gasteiger partial charge in [-0.3, -0.25) is 9.59 Å². The van der Waals surface area contributed by atoms with Gasteiger partial charge in [0.15, 0.2) is 5.12 Å². The number of aryl methyl sites for hydroxylation is 1. The van der Waals surface area contributed by atoms with Crippen molar-refractivity contribution in [2.75, 3.05) is 24.2 Å². The van der Waals surface area contributed by atoms with Gasteiger partial charge in [-0.05, 0) is 30.2 Å². The van der Waals surface area contributed by atoms with Crippen LogP contribution in [-0.2, 0) is 22.1 Å². The van der Waals surface area contributed by atoms with Gasteiger partial charge in [0.25, 0.3) is 0 Å². The molecule has 0 fully saturated rings. The van der Waals surface area contributed by atoms with E-state index in [1.54, 1.807) is 0 Å². The van der Waals surface area contributed by atoms with Crippen LogP contribution in [0.1, 0.15) is 37.6 Å². The number of allylic oxidation sites excluding steroid dienone is 2.